The van der Waals surface area contributed by atoms with Crippen LogP contribution in [0, 0.1) is 17.3 Å². The van der Waals surface area contributed by atoms with E-state index < -0.39 is 11.4 Å². The van der Waals surface area contributed by atoms with Gasteiger partial charge in [-0.2, -0.15) is 4.98 Å². The number of ether oxygens (including phenoxy) is 1. The minimum atomic E-state index is -0.661. The molecule has 0 amide bonds. The summed E-state index contributed by atoms with van der Waals surface area (Å²) in [6, 6.07) is 5.78. The lowest BCUT2D eigenvalue weighted by Crippen LogP contribution is -2.58. The molecule has 1 aromatic heterocycles. The first-order chi connectivity index (χ1) is 17.7. The van der Waals surface area contributed by atoms with Gasteiger partial charge in [-0.25, -0.2) is 4.98 Å². The molecule has 0 radical (unpaired) electrons. The van der Waals surface area contributed by atoms with Gasteiger partial charge in [0, 0.05) is 35.7 Å². The molecule has 1 aliphatic carbocycles. The first kappa shape index (κ1) is 26.3. The third-order valence-electron chi connectivity index (χ3n) is 8.50. The maximum atomic E-state index is 11.5. The van der Waals surface area contributed by atoms with E-state index in [9.17, 15) is 9.90 Å². The number of benzene rings is 1. The van der Waals surface area contributed by atoms with Crippen LogP contribution in [0.25, 0.3) is 0 Å². The van der Waals surface area contributed by atoms with E-state index in [0.717, 1.165) is 44.6 Å². The van der Waals surface area contributed by atoms with E-state index in [1.807, 2.05) is 26.0 Å². The van der Waals surface area contributed by atoms with Crippen molar-refractivity contribution in [2.75, 3.05) is 43.5 Å². The van der Waals surface area contributed by atoms with Crippen molar-refractivity contribution < 1.29 is 14.6 Å². The van der Waals surface area contributed by atoms with Crippen LogP contribution < -0.4 is 15.0 Å². The van der Waals surface area contributed by atoms with E-state index in [4.69, 9.17) is 32.9 Å². The molecule has 1 unspecified atom stereocenters. The molecule has 2 aromatic rings. The van der Waals surface area contributed by atoms with Crippen LogP contribution in [0.3, 0.4) is 0 Å². The Kier molecular flexibility index (Phi) is 7.44. The van der Waals surface area contributed by atoms with Crippen LogP contribution in [0.1, 0.15) is 51.1 Å². The molecule has 2 atom stereocenters. The van der Waals surface area contributed by atoms with Crippen LogP contribution in [0.5, 0.6) is 5.75 Å². The summed E-state index contributed by atoms with van der Waals surface area (Å²) in [5.41, 5.74) is 0.382. The molecule has 0 spiro atoms. The fourth-order valence-corrected chi connectivity index (χ4v) is 6.62. The SMILES string of the molecule is COc1cnc(N2CC([C@H]3CCCN(C4CC(C)(C(=O)O)C4)C3)C2)nc1NC(C)c1ccc(Cl)cc1Cl. The summed E-state index contributed by atoms with van der Waals surface area (Å²) in [7, 11) is 1.61. The number of hydrogen-bond acceptors (Lipinski definition) is 7. The summed E-state index contributed by atoms with van der Waals surface area (Å²) in [4.78, 5) is 25.6. The first-order valence-corrected chi connectivity index (χ1v) is 13.8. The molecule has 2 saturated heterocycles. The van der Waals surface area contributed by atoms with Crippen molar-refractivity contribution in [1.82, 2.24) is 14.9 Å². The van der Waals surface area contributed by atoms with Gasteiger partial charge in [0.05, 0.1) is 24.8 Å². The number of aliphatic carboxylic acids is 1. The average molecular weight is 549 g/mol. The molecule has 200 valence electrons. The second kappa shape index (κ2) is 10.5. The van der Waals surface area contributed by atoms with Gasteiger partial charge in [-0.1, -0.05) is 29.3 Å². The van der Waals surface area contributed by atoms with E-state index in [1.165, 1.54) is 12.8 Å². The lowest BCUT2D eigenvalue weighted by atomic mass is 9.65. The molecule has 37 heavy (non-hydrogen) atoms. The standard InChI is InChI=1S/C27H35Cl2N5O3/c1-16(21-7-6-19(28)9-22(21)29)31-24-23(37-3)12-30-26(32-24)34-14-18(15-34)17-5-4-8-33(13-17)20-10-27(2,11-20)25(35)36/h6-7,9,12,16-18,20H,4-5,8,10-11,13-15H2,1-3H3,(H,35,36)(H,30,31,32)/t16?,17-,20?,27?/m0/s1. The molecule has 8 nitrogen and oxygen atoms in total. The highest BCUT2D eigenvalue weighted by Crippen LogP contribution is 2.45. The zero-order valence-electron chi connectivity index (χ0n) is 21.6. The zero-order chi connectivity index (χ0) is 26.3. The van der Waals surface area contributed by atoms with Gasteiger partial charge in [0.2, 0.25) is 5.95 Å². The lowest BCUT2D eigenvalue weighted by molar-refractivity contribution is -0.158. The van der Waals surface area contributed by atoms with Gasteiger partial charge in [-0.3, -0.25) is 4.79 Å². The number of methoxy groups -OCH3 is 1. The van der Waals surface area contributed by atoms with Crippen LogP contribution >= 0.6 is 23.2 Å². The molecule has 0 bridgehead atoms. The molecule has 5 rings (SSSR count). The number of piperidine rings is 1. The highest BCUT2D eigenvalue weighted by Gasteiger charge is 2.49. The number of carboxylic acid groups (broad SMARTS) is 1. The van der Waals surface area contributed by atoms with Crippen molar-refractivity contribution in [3.8, 4) is 5.75 Å². The summed E-state index contributed by atoms with van der Waals surface area (Å²) >= 11 is 12.5. The van der Waals surface area contributed by atoms with Gasteiger partial charge in [-0.05, 0) is 75.6 Å². The number of hydrogen-bond donors (Lipinski definition) is 2. The Morgan fingerprint density at radius 3 is 2.68 bits per heavy atom. The van der Waals surface area contributed by atoms with Gasteiger partial charge in [0.25, 0.3) is 0 Å². The number of carboxylic acids is 1. The largest absolute Gasteiger partial charge is 0.491 e. The number of rotatable bonds is 8. The van der Waals surface area contributed by atoms with Crippen molar-refractivity contribution in [3.05, 3.63) is 40.0 Å². The van der Waals surface area contributed by atoms with Gasteiger partial charge in [0.15, 0.2) is 11.6 Å². The van der Waals surface area contributed by atoms with Gasteiger partial charge in [-0.15, -0.1) is 0 Å². The maximum absolute atomic E-state index is 11.5. The van der Waals surface area contributed by atoms with Crippen molar-refractivity contribution in [2.45, 2.75) is 51.6 Å². The predicted octanol–water partition coefficient (Wildman–Crippen LogP) is 5.37. The molecule has 1 saturated carbocycles. The van der Waals surface area contributed by atoms with Crippen molar-refractivity contribution in [2.24, 2.45) is 17.3 Å². The number of likely N-dealkylation sites (tertiary alicyclic amines) is 1. The lowest BCUT2D eigenvalue weighted by Gasteiger charge is -2.52. The van der Waals surface area contributed by atoms with Crippen LogP contribution in [0.4, 0.5) is 11.8 Å². The van der Waals surface area contributed by atoms with Crippen molar-refractivity contribution in [3.63, 3.8) is 0 Å². The fourth-order valence-electron chi connectivity index (χ4n) is 6.05. The van der Waals surface area contributed by atoms with Gasteiger partial charge < -0.3 is 25.0 Å². The number of nitrogens with one attached hydrogen (secondary N) is 1. The van der Waals surface area contributed by atoms with Crippen molar-refractivity contribution in [1.29, 1.82) is 0 Å². The summed E-state index contributed by atoms with van der Waals surface area (Å²) < 4.78 is 5.51. The quantitative estimate of drug-likeness (QED) is 0.456. The van der Waals surface area contributed by atoms with Gasteiger partial charge >= 0.3 is 5.97 Å². The zero-order valence-corrected chi connectivity index (χ0v) is 23.1. The number of aromatic nitrogens is 2. The minimum absolute atomic E-state index is 0.103. The Bertz CT molecular complexity index is 1150. The predicted molar refractivity (Wildman–Crippen MR) is 146 cm³/mol. The molecule has 3 heterocycles. The smallest absolute Gasteiger partial charge is 0.309 e. The molecule has 2 N–H and O–H groups in total. The third-order valence-corrected chi connectivity index (χ3v) is 9.06. The highest BCUT2D eigenvalue weighted by atomic mass is 35.5. The summed E-state index contributed by atoms with van der Waals surface area (Å²) in [6.07, 6.45) is 5.65. The number of anilines is 2. The molecule has 10 heteroatoms. The molecule has 3 fully saturated rings. The van der Waals surface area contributed by atoms with E-state index in [1.54, 1.807) is 19.4 Å². The number of halogens is 2. The number of nitrogens with zero attached hydrogens (tertiary/aromatic N) is 4. The second-order valence-electron chi connectivity index (χ2n) is 11.1. The molecule has 2 aliphatic heterocycles. The Balaban J connectivity index is 1.19. The Hall–Kier alpha value is -2.29. The van der Waals surface area contributed by atoms with Gasteiger partial charge in [0.1, 0.15) is 0 Å². The normalized spacial score (nSPS) is 27.2. The molecular weight excluding hydrogens is 513 g/mol. The summed E-state index contributed by atoms with van der Waals surface area (Å²) in [5, 5.41) is 14.1. The maximum Gasteiger partial charge on any atom is 0.309 e. The number of carbonyl (C=O) groups is 1. The van der Waals surface area contributed by atoms with E-state index in [-0.39, 0.29) is 6.04 Å². The molecular formula is C27H35Cl2N5O3. The molecule has 1 aromatic carbocycles. The minimum Gasteiger partial charge on any atom is -0.491 e. The summed E-state index contributed by atoms with van der Waals surface area (Å²) in [5.74, 6) is 2.47. The van der Waals surface area contributed by atoms with E-state index >= 15 is 0 Å². The van der Waals surface area contributed by atoms with Crippen LogP contribution in [-0.2, 0) is 4.79 Å². The van der Waals surface area contributed by atoms with E-state index in [2.05, 4.69) is 20.1 Å². The third kappa shape index (κ3) is 5.33. The Morgan fingerprint density at radius 2 is 2.00 bits per heavy atom. The average Bonchev–Trinajstić information content (AvgIpc) is 2.81. The first-order valence-electron chi connectivity index (χ1n) is 13.0. The second-order valence-corrected chi connectivity index (χ2v) is 12.0. The Labute approximate surface area is 228 Å². The van der Waals surface area contributed by atoms with Crippen LogP contribution in [-0.4, -0.2) is 65.3 Å². The monoisotopic (exact) mass is 547 g/mol. The van der Waals surface area contributed by atoms with Crippen molar-refractivity contribution >= 4 is 40.9 Å². The van der Waals surface area contributed by atoms with Crippen LogP contribution in [0.2, 0.25) is 10.0 Å². The fraction of sp³-hybridized carbons (Fsp3) is 0.593. The molecule has 3 aliphatic rings. The van der Waals surface area contributed by atoms with E-state index in [0.29, 0.717) is 45.4 Å². The summed E-state index contributed by atoms with van der Waals surface area (Å²) in [6.45, 7) is 7.90. The topological polar surface area (TPSA) is 90.8 Å². The highest BCUT2D eigenvalue weighted by molar-refractivity contribution is 6.35. The van der Waals surface area contributed by atoms with Crippen LogP contribution in [0.15, 0.2) is 24.4 Å². The Morgan fingerprint density at radius 1 is 1.24 bits per heavy atom.